The van der Waals surface area contributed by atoms with E-state index in [0.717, 1.165) is 0 Å². The van der Waals surface area contributed by atoms with Crippen molar-refractivity contribution in [3.63, 3.8) is 0 Å². The summed E-state index contributed by atoms with van der Waals surface area (Å²) in [4.78, 5) is 61.2. The quantitative estimate of drug-likeness (QED) is 0.0499. The number of hydrogen-bond acceptors (Lipinski definition) is 18. The molecule has 0 aliphatic heterocycles. The van der Waals surface area contributed by atoms with E-state index in [2.05, 4.69) is 71.5 Å². The molecule has 22 nitrogen and oxygen atoms in total. The Hall–Kier alpha value is -5.77. The van der Waals surface area contributed by atoms with E-state index >= 15 is 0 Å². The molecule has 0 spiro atoms. The molecule has 24 heteroatoms. The molecule has 0 bridgehead atoms. The first-order valence-corrected chi connectivity index (χ1v) is 15.5. The summed E-state index contributed by atoms with van der Waals surface area (Å²) >= 11 is 11.6. The lowest BCUT2D eigenvalue weighted by Crippen LogP contribution is -2.38. The Labute approximate surface area is 290 Å². The molecule has 0 unspecified atom stereocenters. The lowest BCUT2D eigenvalue weighted by atomic mass is 10.3. The molecule has 3 rings (SSSR count). The van der Waals surface area contributed by atoms with Crippen LogP contribution in [0.3, 0.4) is 0 Å². The number of nitrogen functional groups attached to an aromatic ring is 4. The molecular weight excluding hydrogens is 683 g/mol. The van der Waals surface area contributed by atoms with Crippen molar-refractivity contribution in [1.29, 1.82) is 0 Å². The Morgan fingerprint density at radius 3 is 1.37 bits per heavy atom. The number of halogens is 2. The number of carbonyl (C=O) groups excluding carboxylic acids is 2. The van der Waals surface area contributed by atoms with Crippen LogP contribution in [0.2, 0.25) is 10.3 Å². The molecule has 0 saturated carbocycles. The highest BCUT2D eigenvalue weighted by atomic mass is 35.5. The van der Waals surface area contributed by atoms with E-state index in [1.54, 1.807) is 0 Å². The summed E-state index contributed by atoms with van der Waals surface area (Å²) in [6.07, 6.45) is 2.68. The minimum absolute atomic E-state index is 0.0919. The number of rotatable bonds is 16. The van der Waals surface area contributed by atoms with Crippen LogP contribution in [0.5, 0.6) is 0 Å². The second-order valence-corrected chi connectivity index (χ2v) is 10.5. The fourth-order valence-electron chi connectivity index (χ4n) is 3.69. The maximum absolute atomic E-state index is 12.3. The van der Waals surface area contributed by atoms with Crippen LogP contribution in [0, 0.1) is 0 Å². The Kier molecular flexibility index (Phi) is 14.3. The van der Waals surface area contributed by atoms with E-state index < -0.39 is 11.8 Å². The van der Waals surface area contributed by atoms with Gasteiger partial charge in [-0.2, -0.15) is 15.0 Å². The molecule has 0 radical (unpaired) electrons. The van der Waals surface area contributed by atoms with E-state index in [9.17, 15) is 9.59 Å². The van der Waals surface area contributed by atoms with Crippen molar-refractivity contribution in [3.8, 4) is 0 Å². The van der Waals surface area contributed by atoms with E-state index in [1.165, 1.54) is 0 Å². The predicted octanol–water partition coefficient (Wildman–Crippen LogP) is -0.607. The third kappa shape index (κ3) is 12.1. The maximum atomic E-state index is 12.3. The van der Waals surface area contributed by atoms with Crippen molar-refractivity contribution < 1.29 is 9.59 Å². The number of aromatic nitrogens is 7. The standard InChI is InChI=1S/C25H38Cl2N20O2/c1-2-34-23-45-24(37-9-5-3-7-35-21(32)43-19(48)11-15(28)41-17(30)13(26)39-11)47-25(46-23)38-10-6-4-8-36-22(33)44-20(49)12-16(29)42-18(31)14(27)40-12/h2-10H2,1H3,(H4,28,30,41)(H4,29,31,42)(H3,32,35,43,48)(H3,33,36,44,49)(H3,34,37,38,45,46,47). The van der Waals surface area contributed by atoms with Gasteiger partial charge in [0.1, 0.15) is 0 Å². The fourth-order valence-corrected chi connectivity index (χ4v) is 3.95. The fraction of sp³-hybridized carbons (Fsp3) is 0.400. The smallest absolute Gasteiger partial charge is 0.280 e. The first-order chi connectivity index (χ1) is 23.4. The summed E-state index contributed by atoms with van der Waals surface area (Å²) in [7, 11) is 0. The first kappa shape index (κ1) is 37.7. The van der Waals surface area contributed by atoms with Gasteiger partial charge < -0.3 is 50.4 Å². The summed E-state index contributed by atoms with van der Waals surface area (Å²) in [6.45, 7) is 4.29. The zero-order valence-electron chi connectivity index (χ0n) is 26.4. The van der Waals surface area contributed by atoms with Gasteiger partial charge in [0.05, 0.1) is 0 Å². The minimum atomic E-state index is -0.714. The number of anilines is 7. The molecule has 2 amide bonds. The highest BCUT2D eigenvalue weighted by Gasteiger charge is 2.18. The lowest BCUT2D eigenvalue weighted by molar-refractivity contribution is 0.0964. The Morgan fingerprint density at radius 2 is 0.980 bits per heavy atom. The molecule has 0 saturated heterocycles. The third-order valence-corrected chi connectivity index (χ3v) is 6.55. The zero-order chi connectivity index (χ0) is 35.9. The van der Waals surface area contributed by atoms with Crippen LogP contribution in [0.25, 0.3) is 0 Å². The third-order valence-electron chi connectivity index (χ3n) is 5.99. The van der Waals surface area contributed by atoms with Crippen LogP contribution < -0.4 is 61.0 Å². The summed E-state index contributed by atoms with van der Waals surface area (Å²) in [5, 5.41) is 13.9. The van der Waals surface area contributed by atoms with Gasteiger partial charge in [0.15, 0.2) is 56.9 Å². The van der Waals surface area contributed by atoms with Gasteiger partial charge >= 0.3 is 0 Å². The predicted molar refractivity (Wildman–Crippen MR) is 189 cm³/mol. The molecule has 3 heterocycles. The number of unbranched alkanes of at least 4 members (excludes halogenated alkanes) is 2. The monoisotopic (exact) mass is 720 g/mol. The maximum Gasteiger partial charge on any atom is 0.280 e. The number of nitrogens with two attached hydrogens (primary N) is 6. The largest absolute Gasteiger partial charge is 0.382 e. The van der Waals surface area contributed by atoms with Crippen LogP contribution in [0.15, 0.2) is 9.98 Å². The van der Waals surface area contributed by atoms with Crippen LogP contribution in [0.1, 0.15) is 53.6 Å². The Bertz CT molecular complexity index is 1570. The van der Waals surface area contributed by atoms with Gasteiger partial charge in [-0.15, -0.1) is 0 Å². The normalized spacial score (nSPS) is 11.6. The lowest BCUT2D eigenvalue weighted by Gasteiger charge is -2.10. The molecule has 17 N–H and O–H groups in total. The van der Waals surface area contributed by atoms with Gasteiger partial charge in [-0.3, -0.25) is 30.2 Å². The molecular formula is C25H38Cl2N20O2. The number of nitrogens with zero attached hydrogens (tertiary/aromatic N) is 9. The highest BCUT2D eigenvalue weighted by Crippen LogP contribution is 2.18. The molecule has 264 valence electrons. The average molecular weight is 722 g/mol. The molecule has 3 aromatic rings. The Morgan fingerprint density at radius 1 is 0.592 bits per heavy atom. The molecule has 0 aliphatic carbocycles. The van der Waals surface area contributed by atoms with Gasteiger partial charge in [-0.1, -0.05) is 23.2 Å². The van der Waals surface area contributed by atoms with E-state index in [1.807, 2.05) is 6.92 Å². The second kappa shape index (κ2) is 18.5. The average Bonchev–Trinajstić information content (AvgIpc) is 3.04. The van der Waals surface area contributed by atoms with Gasteiger partial charge in [0.2, 0.25) is 17.8 Å². The van der Waals surface area contributed by atoms with Crippen molar-refractivity contribution >= 4 is 88.1 Å². The first-order valence-electron chi connectivity index (χ1n) is 14.7. The minimum Gasteiger partial charge on any atom is -0.382 e. The van der Waals surface area contributed by atoms with Gasteiger partial charge in [0, 0.05) is 32.7 Å². The number of hydrogen-bond donors (Lipinski definition) is 11. The molecule has 49 heavy (non-hydrogen) atoms. The number of carbonyl (C=O) groups is 2. The van der Waals surface area contributed by atoms with Crippen molar-refractivity contribution in [2.75, 3.05) is 71.6 Å². The molecule has 0 fully saturated rings. The molecule has 0 aliphatic rings. The van der Waals surface area contributed by atoms with Crippen LogP contribution in [0.4, 0.5) is 41.1 Å². The number of guanidine groups is 2. The van der Waals surface area contributed by atoms with Crippen LogP contribution in [-0.4, -0.2) is 91.3 Å². The van der Waals surface area contributed by atoms with E-state index in [-0.39, 0.29) is 56.9 Å². The zero-order valence-corrected chi connectivity index (χ0v) is 27.9. The summed E-state index contributed by atoms with van der Waals surface area (Å²) in [5.74, 6) is -1.04. The SMILES string of the molecule is CCNc1nc(NCCCCN=C(N)NC(=O)c2nc(Cl)c(N)nc2N)nc(NCCCCN=C(N)NC(=O)c2nc(Cl)c(N)nc2N)n1. The number of amides is 2. The highest BCUT2D eigenvalue weighted by molar-refractivity contribution is 6.32. The van der Waals surface area contributed by atoms with E-state index in [4.69, 9.17) is 57.6 Å². The van der Waals surface area contributed by atoms with Gasteiger partial charge in [-0.05, 0) is 32.6 Å². The van der Waals surface area contributed by atoms with Crippen LogP contribution >= 0.6 is 23.2 Å². The summed E-state index contributed by atoms with van der Waals surface area (Å²) < 4.78 is 0. The van der Waals surface area contributed by atoms with Crippen LogP contribution in [-0.2, 0) is 0 Å². The van der Waals surface area contributed by atoms with Crippen molar-refractivity contribution in [2.24, 2.45) is 21.5 Å². The van der Waals surface area contributed by atoms with Gasteiger partial charge in [-0.25, -0.2) is 19.9 Å². The second-order valence-electron chi connectivity index (χ2n) is 9.81. The molecule has 3 aromatic heterocycles. The summed E-state index contributed by atoms with van der Waals surface area (Å²) in [5.41, 5.74) is 33.6. The van der Waals surface area contributed by atoms with E-state index in [0.29, 0.717) is 76.3 Å². The van der Waals surface area contributed by atoms with Gasteiger partial charge in [0.25, 0.3) is 11.8 Å². The molecule has 0 atom stereocenters. The number of nitrogens with one attached hydrogen (secondary N) is 5. The Balaban J connectivity index is 1.39. The topological polar surface area (TPSA) is 365 Å². The van der Waals surface area contributed by atoms with Crippen molar-refractivity contribution in [1.82, 2.24) is 45.5 Å². The summed E-state index contributed by atoms with van der Waals surface area (Å²) in [6, 6.07) is 0. The number of aliphatic imine (C=N–C) groups is 2. The van der Waals surface area contributed by atoms with Crippen molar-refractivity contribution in [2.45, 2.75) is 32.6 Å². The molecule has 0 aromatic carbocycles. The van der Waals surface area contributed by atoms with Crippen molar-refractivity contribution in [3.05, 3.63) is 21.7 Å².